The number of amides is 1. The van der Waals surface area contributed by atoms with Crippen LogP contribution in [0.25, 0.3) is 0 Å². The maximum absolute atomic E-state index is 13.1. The average molecular weight is 368 g/mol. The summed E-state index contributed by atoms with van der Waals surface area (Å²) in [6.07, 6.45) is 5.06. The summed E-state index contributed by atoms with van der Waals surface area (Å²) >= 11 is 0. The molecule has 1 aliphatic rings. The summed E-state index contributed by atoms with van der Waals surface area (Å²) in [6.45, 7) is 1.16. The van der Waals surface area contributed by atoms with Crippen LogP contribution >= 0.6 is 0 Å². The predicted octanol–water partition coefficient (Wildman–Crippen LogP) is 1.64. The van der Waals surface area contributed by atoms with Crippen LogP contribution in [0.3, 0.4) is 0 Å². The van der Waals surface area contributed by atoms with Crippen molar-refractivity contribution in [3.05, 3.63) is 58.5 Å². The number of carbonyl (C=O) groups excluding carboxylic acids is 1. The van der Waals surface area contributed by atoms with Crippen molar-refractivity contribution in [2.45, 2.75) is 18.8 Å². The first-order valence-electron chi connectivity index (χ1n) is 8.79. The fourth-order valence-corrected chi connectivity index (χ4v) is 3.34. The van der Waals surface area contributed by atoms with Crippen LogP contribution in [-0.2, 0) is 7.05 Å². The number of likely N-dealkylation sites (tertiary alicyclic amines) is 1. The number of H-pyrrole nitrogens is 2. The lowest BCUT2D eigenvalue weighted by Gasteiger charge is -2.32. The van der Waals surface area contributed by atoms with Crippen molar-refractivity contribution in [2.75, 3.05) is 13.1 Å². The number of nitrogens with one attached hydrogen (secondary N) is 2. The zero-order chi connectivity index (χ0) is 18.8. The molecular formula is C18H20N6O3. The van der Waals surface area contributed by atoms with Gasteiger partial charge >= 0.3 is 5.69 Å². The third kappa shape index (κ3) is 3.62. The normalized spacial score (nSPS) is 17.1. The van der Waals surface area contributed by atoms with E-state index in [0.29, 0.717) is 36.0 Å². The number of para-hydroxylation sites is 1. The molecule has 3 aromatic rings. The maximum Gasteiger partial charge on any atom is 0.340 e. The van der Waals surface area contributed by atoms with Crippen LogP contribution < -0.4 is 10.4 Å². The van der Waals surface area contributed by atoms with E-state index in [4.69, 9.17) is 4.74 Å². The van der Waals surface area contributed by atoms with Crippen LogP contribution in [-0.4, -0.2) is 48.9 Å². The topological polar surface area (TPSA) is 109 Å². The van der Waals surface area contributed by atoms with Gasteiger partial charge in [0.2, 0.25) is 0 Å². The van der Waals surface area contributed by atoms with E-state index in [-0.39, 0.29) is 17.5 Å². The van der Waals surface area contributed by atoms with E-state index in [9.17, 15) is 9.59 Å². The molecule has 1 fully saturated rings. The minimum atomic E-state index is -0.330. The molecule has 0 radical (unpaired) electrons. The second kappa shape index (κ2) is 7.10. The van der Waals surface area contributed by atoms with Gasteiger partial charge in [0.15, 0.2) is 5.75 Å². The Morgan fingerprint density at radius 3 is 2.93 bits per heavy atom. The molecule has 1 atom stereocenters. The second-order valence-corrected chi connectivity index (χ2v) is 6.60. The number of aryl methyl sites for hydroxylation is 1. The van der Waals surface area contributed by atoms with E-state index >= 15 is 0 Å². The minimum Gasteiger partial charge on any atom is -0.453 e. The third-order valence-electron chi connectivity index (χ3n) is 4.64. The van der Waals surface area contributed by atoms with Crippen LogP contribution in [0.2, 0.25) is 0 Å². The third-order valence-corrected chi connectivity index (χ3v) is 4.64. The smallest absolute Gasteiger partial charge is 0.340 e. The van der Waals surface area contributed by atoms with Crippen molar-refractivity contribution >= 4 is 5.91 Å². The Hall–Kier alpha value is -3.36. The molecule has 2 N–H and O–H groups in total. The average Bonchev–Trinajstić information content (AvgIpc) is 3.30. The number of carbonyl (C=O) groups is 1. The maximum atomic E-state index is 13.1. The van der Waals surface area contributed by atoms with E-state index in [2.05, 4.69) is 20.3 Å². The first-order valence-corrected chi connectivity index (χ1v) is 8.79. The van der Waals surface area contributed by atoms with Gasteiger partial charge in [0.25, 0.3) is 5.91 Å². The molecule has 9 heteroatoms. The molecule has 140 valence electrons. The van der Waals surface area contributed by atoms with Gasteiger partial charge in [-0.1, -0.05) is 12.1 Å². The zero-order valence-electron chi connectivity index (χ0n) is 14.9. The molecule has 1 amide bonds. The SMILES string of the molecule is Cn1cc(Oc2ccccc2C(=O)N2CCCC(c3n[nH]c(=O)[nH]3)C2)cn1. The molecule has 27 heavy (non-hydrogen) atoms. The number of piperidine rings is 1. The number of hydrogen-bond donors (Lipinski definition) is 2. The monoisotopic (exact) mass is 368 g/mol. The first kappa shape index (κ1) is 17.1. The van der Waals surface area contributed by atoms with Gasteiger partial charge in [0.1, 0.15) is 11.6 Å². The Morgan fingerprint density at radius 1 is 1.33 bits per heavy atom. The lowest BCUT2D eigenvalue weighted by atomic mass is 9.96. The summed E-state index contributed by atoms with van der Waals surface area (Å²) in [5.74, 6) is 1.57. The van der Waals surface area contributed by atoms with Gasteiger partial charge in [-0.15, -0.1) is 0 Å². The summed E-state index contributed by atoms with van der Waals surface area (Å²) in [7, 11) is 1.80. The largest absolute Gasteiger partial charge is 0.453 e. The molecule has 1 aromatic carbocycles. The molecule has 1 aliphatic heterocycles. The van der Waals surface area contributed by atoms with Crippen LogP contribution in [0.15, 0.2) is 41.5 Å². The Labute approximate surface area is 155 Å². The Balaban J connectivity index is 1.54. The van der Waals surface area contributed by atoms with E-state index < -0.39 is 0 Å². The van der Waals surface area contributed by atoms with Crippen LogP contribution in [0.5, 0.6) is 11.5 Å². The molecule has 2 aromatic heterocycles. The Kier molecular flexibility index (Phi) is 4.49. The second-order valence-electron chi connectivity index (χ2n) is 6.60. The summed E-state index contributed by atoms with van der Waals surface area (Å²) in [5, 5.41) is 10.5. The molecule has 4 rings (SSSR count). The lowest BCUT2D eigenvalue weighted by molar-refractivity contribution is 0.0702. The van der Waals surface area contributed by atoms with E-state index in [0.717, 1.165) is 12.8 Å². The highest BCUT2D eigenvalue weighted by molar-refractivity contribution is 5.97. The van der Waals surface area contributed by atoms with Crippen LogP contribution in [0, 0.1) is 0 Å². The Bertz CT molecular complexity index is 1000. The molecular weight excluding hydrogens is 348 g/mol. The number of rotatable bonds is 4. The van der Waals surface area contributed by atoms with Crippen LogP contribution in [0.4, 0.5) is 0 Å². The summed E-state index contributed by atoms with van der Waals surface area (Å²) in [6, 6.07) is 7.17. The molecule has 0 spiro atoms. The predicted molar refractivity (Wildman–Crippen MR) is 96.8 cm³/mol. The van der Waals surface area contributed by atoms with E-state index in [1.54, 1.807) is 41.2 Å². The summed E-state index contributed by atoms with van der Waals surface area (Å²) in [4.78, 5) is 28.9. The van der Waals surface area contributed by atoms with Gasteiger partial charge in [-0.3, -0.25) is 14.5 Å². The highest BCUT2D eigenvalue weighted by atomic mass is 16.5. The first-order chi connectivity index (χ1) is 13.1. The van der Waals surface area contributed by atoms with Crippen molar-refractivity contribution < 1.29 is 9.53 Å². The number of aromatic amines is 2. The number of ether oxygens (including phenoxy) is 1. The van der Waals surface area contributed by atoms with Crippen molar-refractivity contribution in [2.24, 2.45) is 7.05 Å². The van der Waals surface area contributed by atoms with Crippen molar-refractivity contribution in [1.82, 2.24) is 29.9 Å². The molecule has 9 nitrogen and oxygen atoms in total. The van der Waals surface area contributed by atoms with Gasteiger partial charge in [-0.05, 0) is 25.0 Å². The van der Waals surface area contributed by atoms with Gasteiger partial charge in [0, 0.05) is 26.1 Å². The fourth-order valence-electron chi connectivity index (χ4n) is 3.34. The number of benzene rings is 1. The highest BCUT2D eigenvalue weighted by Crippen LogP contribution is 2.29. The van der Waals surface area contributed by atoms with Gasteiger partial charge in [-0.25, -0.2) is 9.89 Å². The standard InChI is InChI=1S/C18H20N6O3/c1-23-11-13(9-19-23)27-15-7-3-2-6-14(15)17(25)24-8-4-5-12(10-24)16-20-18(26)22-21-16/h2-3,6-7,9,11-12H,4-5,8,10H2,1H3,(H2,20,21,22,26). The summed E-state index contributed by atoms with van der Waals surface area (Å²) in [5.41, 5.74) is 0.168. The minimum absolute atomic E-state index is 0.00746. The molecule has 1 unspecified atom stereocenters. The van der Waals surface area contributed by atoms with E-state index in [1.807, 2.05) is 12.1 Å². The lowest BCUT2D eigenvalue weighted by Crippen LogP contribution is -2.39. The van der Waals surface area contributed by atoms with Crippen molar-refractivity contribution in [1.29, 1.82) is 0 Å². The van der Waals surface area contributed by atoms with Crippen LogP contribution in [0.1, 0.15) is 34.9 Å². The fraction of sp³-hybridized carbons (Fsp3) is 0.333. The summed E-state index contributed by atoms with van der Waals surface area (Å²) < 4.78 is 7.50. The van der Waals surface area contributed by atoms with Crippen molar-refractivity contribution in [3.8, 4) is 11.5 Å². The molecule has 0 aliphatic carbocycles. The quantitative estimate of drug-likeness (QED) is 0.728. The number of nitrogens with zero attached hydrogens (tertiary/aromatic N) is 4. The molecule has 1 saturated heterocycles. The van der Waals surface area contributed by atoms with Gasteiger partial charge in [-0.2, -0.15) is 10.2 Å². The van der Waals surface area contributed by atoms with Crippen molar-refractivity contribution in [3.63, 3.8) is 0 Å². The van der Waals surface area contributed by atoms with E-state index in [1.165, 1.54) is 0 Å². The van der Waals surface area contributed by atoms with Gasteiger partial charge < -0.3 is 9.64 Å². The Morgan fingerprint density at radius 2 is 2.19 bits per heavy atom. The zero-order valence-corrected chi connectivity index (χ0v) is 14.9. The number of hydrogen-bond acceptors (Lipinski definition) is 5. The molecule has 0 saturated carbocycles. The van der Waals surface area contributed by atoms with Gasteiger partial charge in [0.05, 0.1) is 18.0 Å². The highest BCUT2D eigenvalue weighted by Gasteiger charge is 2.28. The molecule has 0 bridgehead atoms. The number of aromatic nitrogens is 5. The molecule has 3 heterocycles.